The largest absolute Gasteiger partial charge is 0.442 e. The highest BCUT2D eigenvalue weighted by Gasteiger charge is 2.32. The summed E-state index contributed by atoms with van der Waals surface area (Å²) < 4.78 is 22.2. The Hall–Kier alpha value is -4.57. The van der Waals surface area contributed by atoms with Crippen LogP contribution in [0, 0.1) is 5.82 Å². The van der Waals surface area contributed by atoms with Gasteiger partial charge in [0.05, 0.1) is 31.0 Å². The summed E-state index contributed by atoms with van der Waals surface area (Å²) in [5, 5.41) is 14.6. The van der Waals surface area contributed by atoms with E-state index < -0.39 is 18.0 Å². The molecule has 4 aromatic rings. The first-order valence-corrected chi connectivity index (χ1v) is 13.7. The van der Waals surface area contributed by atoms with Crippen molar-refractivity contribution in [2.45, 2.75) is 39.0 Å². The maximum Gasteiger partial charge on any atom is 0.414 e. The van der Waals surface area contributed by atoms with E-state index in [1.165, 1.54) is 23.5 Å². The molecule has 0 bridgehead atoms. The lowest BCUT2D eigenvalue weighted by molar-refractivity contribution is -0.119. The fourth-order valence-electron chi connectivity index (χ4n) is 4.73. The molecule has 0 radical (unpaired) electrons. The number of amides is 2. The van der Waals surface area contributed by atoms with Crippen molar-refractivity contribution in [3.8, 4) is 11.1 Å². The zero-order valence-electron chi connectivity index (χ0n) is 22.9. The summed E-state index contributed by atoms with van der Waals surface area (Å²) in [6.45, 7) is 4.12. The molecule has 1 saturated heterocycles. The molecular weight excluding hydrogens is 523 g/mol. The Balaban J connectivity index is 1.07. The maximum absolute atomic E-state index is 15.0. The third-order valence-electron chi connectivity index (χ3n) is 6.87. The molecule has 0 spiro atoms. The molecule has 2 N–H and O–H groups in total. The van der Waals surface area contributed by atoms with Crippen LogP contribution >= 0.6 is 0 Å². The van der Waals surface area contributed by atoms with E-state index in [4.69, 9.17) is 4.74 Å². The highest BCUT2D eigenvalue weighted by molar-refractivity contribution is 5.90. The SMILES string of the molecule is CC(=O)NC[C@H]1CN(c2ccc(-c3ccc(CNCCCc4cn(Cc5ccccc5)nn4)cc3)c(F)c2)C(=O)O1. The molecule has 1 aliphatic heterocycles. The average Bonchev–Trinajstić information content (AvgIpc) is 3.58. The topological polar surface area (TPSA) is 101 Å². The van der Waals surface area contributed by atoms with Crippen molar-refractivity contribution >= 4 is 17.7 Å². The highest BCUT2D eigenvalue weighted by Crippen LogP contribution is 2.29. The van der Waals surface area contributed by atoms with E-state index in [9.17, 15) is 9.59 Å². The number of hydrogen-bond donors (Lipinski definition) is 2. The van der Waals surface area contributed by atoms with Gasteiger partial charge in [-0.3, -0.25) is 9.69 Å². The third kappa shape index (κ3) is 7.55. The second kappa shape index (κ2) is 13.2. The fourth-order valence-corrected chi connectivity index (χ4v) is 4.73. The Morgan fingerprint density at radius 2 is 1.88 bits per heavy atom. The second-order valence-corrected chi connectivity index (χ2v) is 10.1. The molecule has 1 fully saturated rings. The molecule has 41 heavy (non-hydrogen) atoms. The standard InChI is InChI=1S/C31H33FN6O3/c1-22(39)34-18-28-21-38(31(40)41-28)27-13-14-29(30(32)16-27)25-11-9-23(10-12-25)17-33-15-5-8-26-20-37(36-35-26)19-24-6-3-2-4-7-24/h2-4,6-7,9-14,16,20,28,33H,5,8,15,17-19,21H2,1H3,(H,34,39)/t28-/m0/s1. The van der Waals surface area contributed by atoms with Gasteiger partial charge in [-0.25, -0.2) is 13.9 Å². The minimum absolute atomic E-state index is 0.201. The van der Waals surface area contributed by atoms with Gasteiger partial charge in [0, 0.05) is 25.2 Å². The normalized spacial score (nSPS) is 14.7. The number of hydrogen-bond acceptors (Lipinski definition) is 6. The number of nitrogens with one attached hydrogen (secondary N) is 2. The number of cyclic esters (lactones) is 1. The van der Waals surface area contributed by atoms with Crippen molar-refractivity contribution in [3.63, 3.8) is 0 Å². The van der Waals surface area contributed by atoms with E-state index >= 15 is 4.39 Å². The summed E-state index contributed by atoms with van der Waals surface area (Å²) in [4.78, 5) is 24.7. The highest BCUT2D eigenvalue weighted by atomic mass is 19.1. The summed E-state index contributed by atoms with van der Waals surface area (Å²) in [5.74, 6) is -0.624. The van der Waals surface area contributed by atoms with E-state index in [2.05, 4.69) is 33.1 Å². The molecule has 9 nitrogen and oxygen atoms in total. The van der Waals surface area contributed by atoms with E-state index in [1.807, 2.05) is 53.3 Å². The number of ether oxygens (including phenoxy) is 1. The number of nitrogens with zero attached hydrogens (tertiary/aromatic N) is 4. The quantitative estimate of drug-likeness (QED) is 0.252. The number of rotatable bonds is 12. The lowest BCUT2D eigenvalue weighted by atomic mass is 10.0. The predicted molar refractivity (Wildman–Crippen MR) is 154 cm³/mol. The van der Waals surface area contributed by atoms with Crippen LogP contribution in [0.5, 0.6) is 0 Å². The van der Waals surface area contributed by atoms with Crippen molar-refractivity contribution in [1.82, 2.24) is 25.6 Å². The van der Waals surface area contributed by atoms with Gasteiger partial charge in [0.15, 0.2) is 0 Å². The number of aryl methyl sites for hydroxylation is 1. The van der Waals surface area contributed by atoms with Crippen LogP contribution in [0.3, 0.4) is 0 Å². The first-order valence-electron chi connectivity index (χ1n) is 13.7. The minimum Gasteiger partial charge on any atom is -0.442 e. The number of carbonyl (C=O) groups is 2. The van der Waals surface area contributed by atoms with E-state index in [1.54, 1.807) is 12.1 Å². The number of halogens is 1. The van der Waals surface area contributed by atoms with Gasteiger partial charge in [-0.1, -0.05) is 59.8 Å². The van der Waals surface area contributed by atoms with E-state index in [0.717, 1.165) is 36.2 Å². The fraction of sp³-hybridized carbons (Fsp3) is 0.290. The summed E-state index contributed by atoms with van der Waals surface area (Å²) in [6.07, 6.45) is 2.76. The maximum atomic E-state index is 15.0. The van der Waals surface area contributed by atoms with E-state index in [-0.39, 0.29) is 19.0 Å². The Labute approximate surface area is 238 Å². The summed E-state index contributed by atoms with van der Waals surface area (Å²) >= 11 is 0. The first kappa shape index (κ1) is 28.0. The Morgan fingerprint density at radius 1 is 1.07 bits per heavy atom. The first-order chi connectivity index (χ1) is 19.9. The van der Waals surface area contributed by atoms with Crippen LogP contribution in [0.25, 0.3) is 11.1 Å². The predicted octanol–water partition coefficient (Wildman–Crippen LogP) is 4.32. The Bertz CT molecular complexity index is 1470. The van der Waals surface area contributed by atoms with Gasteiger partial charge in [0.1, 0.15) is 11.9 Å². The smallest absolute Gasteiger partial charge is 0.414 e. The van der Waals surface area contributed by atoms with Crippen molar-refractivity contribution in [2.75, 3.05) is 24.5 Å². The van der Waals surface area contributed by atoms with Crippen LogP contribution in [0.1, 0.15) is 30.2 Å². The Kier molecular flexibility index (Phi) is 9.00. The minimum atomic E-state index is -0.557. The molecule has 0 aliphatic carbocycles. The van der Waals surface area contributed by atoms with Crippen LogP contribution < -0.4 is 15.5 Å². The van der Waals surface area contributed by atoms with Crippen LogP contribution in [-0.2, 0) is 29.0 Å². The zero-order chi connectivity index (χ0) is 28.6. The molecule has 10 heteroatoms. The summed E-state index contributed by atoms with van der Waals surface area (Å²) in [7, 11) is 0. The molecule has 0 saturated carbocycles. The second-order valence-electron chi connectivity index (χ2n) is 10.1. The van der Waals surface area contributed by atoms with Crippen LogP contribution in [0.2, 0.25) is 0 Å². The van der Waals surface area contributed by atoms with Crippen molar-refractivity contribution < 1.29 is 18.7 Å². The van der Waals surface area contributed by atoms with Gasteiger partial charge < -0.3 is 15.4 Å². The van der Waals surface area contributed by atoms with Crippen LogP contribution in [0.4, 0.5) is 14.9 Å². The summed E-state index contributed by atoms with van der Waals surface area (Å²) in [5.41, 5.74) is 4.90. The van der Waals surface area contributed by atoms with Crippen molar-refractivity contribution in [2.24, 2.45) is 0 Å². The number of anilines is 1. The van der Waals surface area contributed by atoms with Gasteiger partial charge in [-0.05, 0) is 54.3 Å². The Morgan fingerprint density at radius 3 is 2.63 bits per heavy atom. The number of carbonyl (C=O) groups excluding carboxylic acids is 2. The van der Waals surface area contributed by atoms with Gasteiger partial charge >= 0.3 is 6.09 Å². The van der Waals surface area contributed by atoms with Gasteiger partial charge in [-0.15, -0.1) is 5.10 Å². The number of benzene rings is 3. The summed E-state index contributed by atoms with van der Waals surface area (Å²) in [6, 6.07) is 22.7. The molecule has 212 valence electrons. The van der Waals surface area contributed by atoms with Gasteiger partial charge in [0.25, 0.3) is 0 Å². The van der Waals surface area contributed by atoms with Crippen LogP contribution in [-0.4, -0.2) is 52.7 Å². The number of aromatic nitrogens is 3. The zero-order valence-corrected chi connectivity index (χ0v) is 22.9. The molecule has 3 aromatic carbocycles. The molecule has 1 aliphatic rings. The molecule has 1 atom stereocenters. The van der Waals surface area contributed by atoms with Crippen LogP contribution in [0.15, 0.2) is 79.0 Å². The van der Waals surface area contributed by atoms with Gasteiger partial charge in [0.2, 0.25) is 5.91 Å². The lowest BCUT2D eigenvalue weighted by Gasteiger charge is -2.15. The molecule has 5 rings (SSSR count). The van der Waals surface area contributed by atoms with Gasteiger partial charge in [-0.2, -0.15) is 0 Å². The monoisotopic (exact) mass is 556 g/mol. The molecular formula is C31H33FN6O3. The third-order valence-corrected chi connectivity index (χ3v) is 6.87. The molecule has 2 heterocycles. The molecule has 1 aromatic heterocycles. The van der Waals surface area contributed by atoms with Crippen molar-refractivity contribution in [3.05, 3.63) is 102 Å². The average molecular weight is 557 g/mol. The molecule has 0 unspecified atom stereocenters. The lowest BCUT2D eigenvalue weighted by Crippen LogP contribution is -2.33. The molecule has 2 amide bonds. The van der Waals surface area contributed by atoms with Crippen molar-refractivity contribution in [1.29, 1.82) is 0 Å². The van der Waals surface area contributed by atoms with E-state index in [0.29, 0.717) is 24.3 Å².